The van der Waals surface area contributed by atoms with Gasteiger partial charge in [-0.15, -0.1) is 0 Å². The molecule has 4 aromatic rings. The highest BCUT2D eigenvalue weighted by Crippen LogP contribution is 2.24. The van der Waals surface area contributed by atoms with Gasteiger partial charge in [0.05, 0.1) is 11.9 Å². The second kappa shape index (κ2) is 15.2. The minimum absolute atomic E-state index is 0.152. The Kier molecular flexibility index (Phi) is 11.1. The molecule has 230 valence electrons. The average Bonchev–Trinajstić information content (AvgIpc) is 3.02. The molecule has 0 aliphatic heterocycles. The minimum atomic E-state index is -3.94. The van der Waals surface area contributed by atoms with Gasteiger partial charge in [-0.3, -0.25) is 13.9 Å². The van der Waals surface area contributed by atoms with Crippen molar-refractivity contribution in [3.8, 4) is 5.75 Å². The SMILES string of the molecule is CCNC(=O)C(Cc1ccccc1)N(Cc1ccccc1F)C(=O)CN(c1ccc(OCc2ccccc2)cc1)S(C)(=O)=O. The molecule has 0 fully saturated rings. The summed E-state index contributed by atoms with van der Waals surface area (Å²) in [5.74, 6) is -1.09. The lowest BCUT2D eigenvalue weighted by atomic mass is 10.0. The third-order valence-electron chi connectivity index (χ3n) is 6.97. The Labute approximate surface area is 258 Å². The van der Waals surface area contributed by atoms with Crippen molar-refractivity contribution in [2.75, 3.05) is 23.7 Å². The number of hydrogen-bond donors (Lipinski definition) is 1. The van der Waals surface area contributed by atoms with Crippen LogP contribution in [-0.2, 0) is 39.2 Å². The third-order valence-corrected chi connectivity index (χ3v) is 8.11. The van der Waals surface area contributed by atoms with Crippen LogP contribution < -0.4 is 14.4 Å². The number of rotatable bonds is 14. The molecule has 10 heteroatoms. The Morgan fingerprint density at radius 2 is 1.43 bits per heavy atom. The number of sulfonamides is 1. The van der Waals surface area contributed by atoms with Gasteiger partial charge in [0.15, 0.2) is 0 Å². The van der Waals surface area contributed by atoms with Crippen molar-refractivity contribution in [1.82, 2.24) is 10.2 Å². The van der Waals surface area contributed by atoms with E-state index in [1.54, 1.807) is 37.3 Å². The number of nitrogens with zero attached hydrogens (tertiary/aromatic N) is 2. The number of anilines is 1. The molecular weight excluding hydrogens is 581 g/mol. The Bertz CT molecular complexity index is 1630. The maximum atomic E-state index is 14.8. The number of carbonyl (C=O) groups excluding carboxylic acids is 2. The highest BCUT2D eigenvalue weighted by atomic mass is 32.2. The van der Waals surface area contributed by atoms with Crippen LogP contribution in [-0.4, -0.2) is 50.5 Å². The summed E-state index contributed by atoms with van der Waals surface area (Å²) in [5.41, 5.74) is 2.22. The van der Waals surface area contributed by atoms with Crippen molar-refractivity contribution in [3.63, 3.8) is 0 Å². The standard InChI is InChI=1S/C34H36FN3O5S/c1-3-36-34(40)32(22-26-12-6-4-7-13-26)37(23-28-16-10-11-17-31(28)35)33(39)24-38(44(2,41)42)29-18-20-30(21-19-29)43-25-27-14-8-5-9-15-27/h4-21,32H,3,22-25H2,1-2H3,(H,36,40). The van der Waals surface area contributed by atoms with E-state index < -0.39 is 40.2 Å². The van der Waals surface area contributed by atoms with Crippen LogP contribution in [0, 0.1) is 5.82 Å². The van der Waals surface area contributed by atoms with Crippen molar-refractivity contribution < 1.29 is 27.1 Å². The van der Waals surface area contributed by atoms with Crippen LogP contribution in [0.25, 0.3) is 0 Å². The topological polar surface area (TPSA) is 96.0 Å². The minimum Gasteiger partial charge on any atom is -0.489 e. The quantitative estimate of drug-likeness (QED) is 0.216. The number of carbonyl (C=O) groups is 2. The van der Waals surface area contributed by atoms with Crippen LogP contribution in [0.15, 0.2) is 109 Å². The normalized spacial score (nSPS) is 11.8. The molecule has 0 bridgehead atoms. The molecule has 8 nitrogen and oxygen atoms in total. The summed E-state index contributed by atoms with van der Waals surface area (Å²) < 4.78 is 47.6. The second-order valence-electron chi connectivity index (χ2n) is 10.3. The van der Waals surface area contributed by atoms with Crippen molar-refractivity contribution >= 4 is 27.5 Å². The van der Waals surface area contributed by atoms with Crippen LogP contribution in [0.3, 0.4) is 0 Å². The smallest absolute Gasteiger partial charge is 0.244 e. The predicted octanol–water partition coefficient (Wildman–Crippen LogP) is 4.95. The first-order valence-electron chi connectivity index (χ1n) is 14.2. The van der Waals surface area contributed by atoms with Gasteiger partial charge in [-0.25, -0.2) is 12.8 Å². The monoisotopic (exact) mass is 617 g/mol. The van der Waals surface area contributed by atoms with Crippen molar-refractivity contribution in [3.05, 3.63) is 132 Å². The van der Waals surface area contributed by atoms with Gasteiger partial charge in [-0.05, 0) is 48.4 Å². The number of hydrogen-bond acceptors (Lipinski definition) is 5. The summed E-state index contributed by atoms with van der Waals surface area (Å²) in [4.78, 5) is 28.7. The summed E-state index contributed by atoms with van der Waals surface area (Å²) in [6.45, 7) is 1.59. The molecule has 4 aromatic carbocycles. The molecule has 0 saturated heterocycles. The maximum absolute atomic E-state index is 14.8. The van der Waals surface area contributed by atoms with E-state index in [2.05, 4.69) is 5.32 Å². The van der Waals surface area contributed by atoms with Gasteiger partial charge in [0.2, 0.25) is 21.8 Å². The summed E-state index contributed by atoms with van der Waals surface area (Å²) in [5, 5.41) is 2.77. The van der Waals surface area contributed by atoms with Crippen molar-refractivity contribution in [1.29, 1.82) is 0 Å². The molecule has 0 aliphatic rings. The Balaban J connectivity index is 1.63. The summed E-state index contributed by atoms with van der Waals surface area (Å²) >= 11 is 0. The third kappa shape index (κ3) is 8.90. The molecule has 0 radical (unpaired) electrons. The molecule has 44 heavy (non-hydrogen) atoms. The zero-order chi connectivity index (χ0) is 31.5. The molecule has 0 aromatic heterocycles. The summed E-state index contributed by atoms with van der Waals surface area (Å²) in [6.07, 6.45) is 1.16. The van der Waals surface area contributed by atoms with Gasteiger partial charge < -0.3 is 15.0 Å². The van der Waals surface area contributed by atoms with Gasteiger partial charge in [-0.1, -0.05) is 78.9 Å². The number of nitrogens with one attached hydrogen (secondary N) is 1. The molecule has 0 aliphatic carbocycles. The average molecular weight is 618 g/mol. The first kappa shape index (κ1) is 32.2. The molecule has 0 saturated carbocycles. The zero-order valence-electron chi connectivity index (χ0n) is 24.7. The number of ether oxygens (including phenoxy) is 1. The first-order valence-corrected chi connectivity index (χ1v) is 16.1. The molecular formula is C34H36FN3O5S. The second-order valence-corrected chi connectivity index (χ2v) is 12.2. The summed E-state index contributed by atoms with van der Waals surface area (Å²) in [6, 6.07) is 30.1. The van der Waals surface area contributed by atoms with E-state index in [0.717, 1.165) is 21.7 Å². The number of amides is 2. The fourth-order valence-electron chi connectivity index (χ4n) is 4.72. The first-order chi connectivity index (χ1) is 21.2. The van der Waals surface area contributed by atoms with E-state index >= 15 is 0 Å². The van der Waals surface area contributed by atoms with Crippen LogP contribution in [0.1, 0.15) is 23.6 Å². The predicted molar refractivity (Wildman–Crippen MR) is 169 cm³/mol. The van der Waals surface area contributed by atoms with E-state index in [0.29, 0.717) is 18.9 Å². The lowest BCUT2D eigenvalue weighted by Gasteiger charge is -2.33. The fraction of sp³-hybridized carbons (Fsp3) is 0.235. The molecule has 1 unspecified atom stereocenters. The number of benzene rings is 4. The highest BCUT2D eigenvalue weighted by Gasteiger charge is 2.33. The van der Waals surface area contributed by atoms with E-state index in [-0.39, 0.29) is 24.2 Å². The Morgan fingerprint density at radius 3 is 2.02 bits per heavy atom. The molecule has 2 amide bonds. The van der Waals surface area contributed by atoms with Gasteiger partial charge in [0, 0.05) is 25.1 Å². The fourth-order valence-corrected chi connectivity index (χ4v) is 5.57. The van der Waals surface area contributed by atoms with Crippen molar-refractivity contribution in [2.45, 2.75) is 32.5 Å². The van der Waals surface area contributed by atoms with E-state index in [1.807, 2.05) is 60.7 Å². The molecule has 0 spiro atoms. The van der Waals surface area contributed by atoms with Crippen LogP contribution in [0.2, 0.25) is 0 Å². The van der Waals surface area contributed by atoms with Gasteiger partial charge in [0.25, 0.3) is 0 Å². The number of halogens is 1. The lowest BCUT2D eigenvalue weighted by Crippen LogP contribution is -2.53. The van der Waals surface area contributed by atoms with Gasteiger partial charge in [0.1, 0.15) is 30.8 Å². The van der Waals surface area contributed by atoms with E-state index in [4.69, 9.17) is 4.74 Å². The number of likely N-dealkylation sites (N-methyl/N-ethyl adjacent to an activating group) is 1. The summed E-state index contributed by atoms with van der Waals surface area (Å²) in [7, 11) is -3.94. The van der Waals surface area contributed by atoms with Crippen LogP contribution in [0.5, 0.6) is 5.75 Å². The van der Waals surface area contributed by atoms with Gasteiger partial charge in [-0.2, -0.15) is 0 Å². The molecule has 4 rings (SSSR count). The zero-order valence-corrected chi connectivity index (χ0v) is 25.5. The van der Waals surface area contributed by atoms with Crippen LogP contribution >= 0.6 is 0 Å². The Morgan fingerprint density at radius 1 is 0.841 bits per heavy atom. The van der Waals surface area contributed by atoms with E-state index in [1.165, 1.54) is 23.1 Å². The van der Waals surface area contributed by atoms with Crippen molar-refractivity contribution in [2.24, 2.45) is 0 Å². The molecule has 0 heterocycles. The van der Waals surface area contributed by atoms with Crippen LogP contribution in [0.4, 0.5) is 10.1 Å². The maximum Gasteiger partial charge on any atom is 0.244 e. The highest BCUT2D eigenvalue weighted by molar-refractivity contribution is 7.92. The molecule has 1 N–H and O–H groups in total. The van der Waals surface area contributed by atoms with E-state index in [9.17, 15) is 22.4 Å². The molecule has 1 atom stereocenters. The van der Waals surface area contributed by atoms with Gasteiger partial charge >= 0.3 is 0 Å². The largest absolute Gasteiger partial charge is 0.489 e. The Hall–Kier alpha value is -4.70. The lowest BCUT2D eigenvalue weighted by molar-refractivity contribution is -0.140.